The van der Waals surface area contributed by atoms with E-state index in [1.165, 1.54) is 12.0 Å². The highest BCUT2D eigenvalue weighted by atomic mass is 16.5. The normalized spacial score (nSPS) is 22.0. The molecule has 1 aromatic rings. The number of hydrogen-bond donors (Lipinski definition) is 1. The molecule has 2 aliphatic rings. The zero-order valence-corrected chi connectivity index (χ0v) is 14.6. The molecule has 1 amide bonds. The fourth-order valence-corrected chi connectivity index (χ4v) is 3.71. The summed E-state index contributed by atoms with van der Waals surface area (Å²) >= 11 is 0. The van der Waals surface area contributed by atoms with E-state index >= 15 is 0 Å². The Morgan fingerprint density at radius 3 is 2.67 bits per heavy atom. The summed E-state index contributed by atoms with van der Waals surface area (Å²) in [5, 5.41) is 3.37. The predicted molar refractivity (Wildman–Crippen MR) is 95.9 cm³/mol. The average molecular weight is 330 g/mol. The van der Waals surface area contributed by atoms with Crippen molar-refractivity contribution in [1.29, 1.82) is 0 Å². The summed E-state index contributed by atoms with van der Waals surface area (Å²) < 4.78 is 6.01. The van der Waals surface area contributed by atoms with E-state index < -0.39 is 0 Å². The van der Waals surface area contributed by atoms with Gasteiger partial charge in [0.05, 0.1) is 12.7 Å². The second-order valence-corrected chi connectivity index (χ2v) is 7.08. The average Bonchev–Trinajstić information content (AvgIpc) is 3.15. The first kappa shape index (κ1) is 17.4. The molecule has 0 aromatic heterocycles. The topological polar surface area (TPSA) is 41.6 Å². The third kappa shape index (κ3) is 5.32. The van der Waals surface area contributed by atoms with Gasteiger partial charge < -0.3 is 15.0 Å². The van der Waals surface area contributed by atoms with E-state index in [-0.39, 0.29) is 0 Å². The van der Waals surface area contributed by atoms with Crippen LogP contribution >= 0.6 is 0 Å². The van der Waals surface area contributed by atoms with Crippen molar-refractivity contribution < 1.29 is 9.53 Å². The van der Waals surface area contributed by atoms with E-state index in [9.17, 15) is 4.79 Å². The molecule has 3 rings (SSSR count). The van der Waals surface area contributed by atoms with Crippen molar-refractivity contribution in [2.75, 3.05) is 32.8 Å². The van der Waals surface area contributed by atoms with Crippen LogP contribution in [0.3, 0.4) is 0 Å². The van der Waals surface area contributed by atoms with Crippen LogP contribution in [-0.4, -0.2) is 49.7 Å². The minimum absolute atomic E-state index is 0.316. The van der Waals surface area contributed by atoms with Gasteiger partial charge in [0.25, 0.3) is 0 Å². The van der Waals surface area contributed by atoms with Crippen molar-refractivity contribution in [2.24, 2.45) is 5.92 Å². The molecule has 1 unspecified atom stereocenters. The first-order valence-electron chi connectivity index (χ1n) is 9.45. The molecule has 1 N–H and O–H groups in total. The lowest BCUT2D eigenvalue weighted by atomic mass is 10.0. The number of ether oxygens (including phenoxy) is 1. The largest absolute Gasteiger partial charge is 0.378 e. The maximum Gasteiger partial charge on any atom is 0.222 e. The highest BCUT2D eigenvalue weighted by molar-refractivity contribution is 5.76. The quantitative estimate of drug-likeness (QED) is 0.836. The van der Waals surface area contributed by atoms with Gasteiger partial charge in [0.2, 0.25) is 5.91 Å². The zero-order valence-electron chi connectivity index (χ0n) is 14.6. The Kier molecular flexibility index (Phi) is 6.67. The molecule has 132 valence electrons. The van der Waals surface area contributed by atoms with Crippen LogP contribution in [0, 0.1) is 5.92 Å². The molecular weight excluding hydrogens is 300 g/mol. The predicted octanol–water partition coefficient (Wildman–Crippen LogP) is 2.63. The molecule has 2 heterocycles. The van der Waals surface area contributed by atoms with Crippen molar-refractivity contribution in [2.45, 2.75) is 44.6 Å². The van der Waals surface area contributed by atoms with Crippen molar-refractivity contribution in [3.63, 3.8) is 0 Å². The van der Waals surface area contributed by atoms with E-state index in [4.69, 9.17) is 4.74 Å². The van der Waals surface area contributed by atoms with E-state index in [0.29, 0.717) is 24.3 Å². The van der Waals surface area contributed by atoms with E-state index in [0.717, 1.165) is 58.5 Å². The maximum absolute atomic E-state index is 12.3. The summed E-state index contributed by atoms with van der Waals surface area (Å²) in [5.41, 5.74) is 1.33. The van der Waals surface area contributed by atoms with Crippen LogP contribution in [-0.2, 0) is 16.0 Å². The minimum Gasteiger partial charge on any atom is -0.378 e. The molecule has 4 heteroatoms. The summed E-state index contributed by atoms with van der Waals surface area (Å²) in [5.74, 6) is 1.04. The summed E-state index contributed by atoms with van der Waals surface area (Å²) in [4.78, 5) is 14.4. The van der Waals surface area contributed by atoms with Gasteiger partial charge in [-0.3, -0.25) is 4.79 Å². The van der Waals surface area contributed by atoms with Gasteiger partial charge in [0.15, 0.2) is 0 Å². The fraction of sp³-hybridized carbons (Fsp3) is 0.650. The van der Waals surface area contributed by atoms with Gasteiger partial charge in [0.1, 0.15) is 0 Å². The molecule has 1 aromatic carbocycles. The number of carbonyl (C=O) groups excluding carboxylic acids is 1. The highest BCUT2D eigenvalue weighted by Gasteiger charge is 2.24. The molecule has 2 aliphatic heterocycles. The molecular formula is C20H30N2O2. The molecule has 0 spiro atoms. The Morgan fingerprint density at radius 2 is 1.96 bits per heavy atom. The van der Waals surface area contributed by atoms with Gasteiger partial charge >= 0.3 is 0 Å². The van der Waals surface area contributed by atoms with Crippen molar-refractivity contribution in [3.05, 3.63) is 35.9 Å². The number of rotatable bonds is 7. The number of nitrogens with zero attached hydrogens (tertiary/aromatic N) is 1. The molecule has 2 saturated heterocycles. The Bertz CT molecular complexity index is 492. The number of amides is 1. The van der Waals surface area contributed by atoms with Gasteiger partial charge in [-0.25, -0.2) is 0 Å². The van der Waals surface area contributed by atoms with Crippen LogP contribution in [0.1, 0.15) is 37.7 Å². The smallest absolute Gasteiger partial charge is 0.222 e. The molecule has 24 heavy (non-hydrogen) atoms. The first-order valence-corrected chi connectivity index (χ1v) is 9.45. The molecule has 2 fully saturated rings. The number of hydrogen-bond acceptors (Lipinski definition) is 3. The number of likely N-dealkylation sites (tertiary alicyclic amines) is 1. The maximum atomic E-state index is 12.3. The summed E-state index contributed by atoms with van der Waals surface area (Å²) in [6.07, 6.45) is 6.22. The van der Waals surface area contributed by atoms with E-state index in [1.807, 2.05) is 11.0 Å². The monoisotopic (exact) mass is 330 g/mol. The van der Waals surface area contributed by atoms with Crippen LogP contribution in [0.4, 0.5) is 0 Å². The fourth-order valence-electron chi connectivity index (χ4n) is 3.71. The molecule has 0 bridgehead atoms. The number of benzene rings is 1. The lowest BCUT2D eigenvalue weighted by molar-refractivity contribution is -0.134. The SMILES string of the molecule is O=C(CCC1CCNC1)N1CCC(OCCc2ccccc2)CC1. The second-order valence-electron chi connectivity index (χ2n) is 7.08. The zero-order chi connectivity index (χ0) is 16.6. The summed E-state index contributed by atoms with van der Waals surface area (Å²) in [6.45, 7) is 4.70. The van der Waals surface area contributed by atoms with E-state index in [1.54, 1.807) is 0 Å². The Balaban J connectivity index is 1.29. The molecule has 1 atom stereocenters. The van der Waals surface area contributed by atoms with Gasteiger partial charge in [-0.1, -0.05) is 30.3 Å². The van der Waals surface area contributed by atoms with Gasteiger partial charge in [-0.05, 0) is 56.7 Å². The van der Waals surface area contributed by atoms with Crippen LogP contribution in [0.2, 0.25) is 0 Å². The third-order valence-electron chi connectivity index (χ3n) is 5.31. The van der Waals surface area contributed by atoms with Crippen LogP contribution in [0.25, 0.3) is 0 Å². The molecule has 4 nitrogen and oxygen atoms in total. The Labute approximate surface area is 145 Å². The third-order valence-corrected chi connectivity index (χ3v) is 5.31. The van der Waals surface area contributed by atoms with Crippen molar-refractivity contribution in [3.8, 4) is 0 Å². The summed E-state index contributed by atoms with van der Waals surface area (Å²) in [6, 6.07) is 10.5. The van der Waals surface area contributed by atoms with E-state index in [2.05, 4.69) is 29.6 Å². The van der Waals surface area contributed by atoms with Gasteiger partial charge in [-0.2, -0.15) is 0 Å². The van der Waals surface area contributed by atoms with Gasteiger partial charge in [0, 0.05) is 19.5 Å². The van der Waals surface area contributed by atoms with Crippen LogP contribution < -0.4 is 5.32 Å². The van der Waals surface area contributed by atoms with Crippen molar-refractivity contribution >= 4 is 5.91 Å². The number of piperidine rings is 1. The van der Waals surface area contributed by atoms with Crippen LogP contribution in [0.15, 0.2) is 30.3 Å². The number of carbonyl (C=O) groups is 1. The lowest BCUT2D eigenvalue weighted by Gasteiger charge is -2.32. The second kappa shape index (κ2) is 9.19. The Morgan fingerprint density at radius 1 is 1.17 bits per heavy atom. The summed E-state index contributed by atoms with van der Waals surface area (Å²) in [7, 11) is 0. The number of nitrogens with one attached hydrogen (secondary N) is 1. The molecule has 0 saturated carbocycles. The molecule has 0 aliphatic carbocycles. The van der Waals surface area contributed by atoms with Crippen molar-refractivity contribution in [1.82, 2.24) is 10.2 Å². The lowest BCUT2D eigenvalue weighted by Crippen LogP contribution is -2.41. The highest BCUT2D eigenvalue weighted by Crippen LogP contribution is 2.18. The standard InChI is InChI=1S/C20H30N2O2/c23-20(7-6-18-8-12-21-16-18)22-13-9-19(10-14-22)24-15-11-17-4-2-1-3-5-17/h1-5,18-19,21H,6-16H2. The van der Waals surface area contributed by atoms with Crippen LogP contribution in [0.5, 0.6) is 0 Å². The van der Waals surface area contributed by atoms with Gasteiger partial charge in [-0.15, -0.1) is 0 Å². The Hall–Kier alpha value is -1.39. The first-order chi connectivity index (χ1) is 11.8. The molecule has 0 radical (unpaired) electrons. The minimum atomic E-state index is 0.316.